The van der Waals surface area contributed by atoms with E-state index in [1.807, 2.05) is 32.9 Å². The van der Waals surface area contributed by atoms with E-state index >= 15 is 0 Å². The summed E-state index contributed by atoms with van der Waals surface area (Å²) in [7, 11) is 1.48. The Morgan fingerprint density at radius 1 is 1.12 bits per heavy atom. The Balaban J connectivity index is 2.00. The number of carbonyl (C=O) groups is 1. The van der Waals surface area contributed by atoms with Gasteiger partial charge in [0.1, 0.15) is 23.7 Å². The van der Waals surface area contributed by atoms with Crippen LogP contribution in [0.25, 0.3) is 0 Å². The van der Waals surface area contributed by atoms with Crippen molar-refractivity contribution in [3.63, 3.8) is 0 Å². The highest BCUT2D eigenvalue weighted by molar-refractivity contribution is 5.96. The van der Waals surface area contributed by atoms with Gasteiger partial charge in [0, 0.05) is 11.1 Å². The molecule has 1 aliphatic heterocycles. The van der Waals surface area contributed by atoms with E-state index in [4.69, 9.17) is 18.9 Å². The van der Waals surface area contributed by atoms with E-state index in [2.05, 4.69) is 13.8 Å². The fourth-order valence-electron chi connectivity index (χ4n) is 4.06. The molecule has 0 bridgehead atoms. The van der Waals surface area contributed by atoms with Crippen LogP contribution in [-0.2, 0) is 11.3 Å². The molecule has 1 heterocycles. The normalized spacial score (nSPS) is 14.0. The molecule has 0 spiro atoms. The van der Waals surface area contributed by atoms with Crippen molar-refractivity contribution >= 4 is 5.97 Å². The van der Waals surface area contributed by atoms with Crippen molar-refractivity contribution in [3.05, 3.63) is 46.5 Å². The van der Waals surface area contributed by atoms with Crippen LogP contribution in [0.3, 0.4) is 0 Å². The Morgan fingerprint density at radius 2 is 1.88 bits per heavy atom. The monoisotopic (exact) mass is 456 g/mol. The molecule has 0 aliphatic carbocycles. The first-order chi connectivity index (χ1) is 15.7. The fourth-order valence-corrected chi connectivity index (χ4v) is 4.06. The van der Waals surface area contributed by atoms with E-state index in [1.165, 1.54) is 7.11 Å². The second kappa shape index (κ2) is 10.9. The van der Waals surface area contributed by atoms with Crippen LogP contribution in [0.2, 0.25) is 0 Å². The first-order valence-corrected chi connectivity index (χ1v) is 11.7. The lowest BCUT2D eigenvalue weighted by molar-refractivity contribution is 0.0453. The maximum Gasteiger partial charge on any atom is 0.346 e. The molecular weight excluding hydrogens is 420 g/mol. The highest BCUT2D eigenvalue weighted by Crippen LogP contribution is 2.44. The van der Waals surface area contributed by atoms with Crippen molar-refractivity contribution < 1.29 is 28.8 Å². The smallest absolute Gasteiger partial charge is 0.346 e. The Labute approximate surface area is 196 Å². The molecule has 3 rings (SSSR count). The minimum absolute atomic E-state index is 0.0551. The number of aliphatic hydroxyl groups excluding tert-OH is 1. The quantitative estimate of drug-likeness (QED) is 0.349. The Bertz CT molecular complexity index is 979. The average Bonchev–Trinajstić information content (AvgIpc) is 2.74. The van der Waals surface area contributed by atoms with Gasteiger partial charge in [-0.1, -0.05) is 27.7 Å². The number of esters is 1. The lowest BCUT2D eigenvalue weighted by atomic mass is 9.96. The summed E-state index contributed by atoms with van der Waals surface area (Å²) in [6.45, 7) is 11.0. The topological polar surface area (TPSA) is 74.2 Å². The summed E-state index contributed by atoms with van der Waals surface area (Å²) >= 11 is 0. The van der Waals surface area contributed by atoms with Gasteiger partial charge in [-0.3, -0.25) is 0 Å². The van der Waals surface area contributed by atoms with Gasteiger partial charge in [0.25, 0.3) is 0 Å². The second-order valence-corrected chi connectivity index (χ2v) is 9.52. The standard InChI is InChI=1S/C27H36O6/c1-16(2)8-7-11-31-23-14-18(5)13-19-15-32-27(29)24-22(33-25(19)23)10-9-20(26(24)30-6)21(28)12-17(3)4/h9-10,13-14,16-17,21,28H,7-8,11-12,15H2,1-6H3/t21-/m0/s1. The number of hydrogen-bond donors (Lipinski definition) is 1. The van der Waals surface area contributed by atoms with Gasteiger partial charge < -0.3 is 24.1 Å². The molecule has 1 atom stereocenters. The molecular formula is C27H36O6. The largest absolute Gasteiger partial charge is 0.495 e. The maximum atomic E-state index is 13.0. The average molecular weight is 457 g/mol. The predicted molar refractivity (Wildman–Crippen MR) is 127 cm³/mol. The Kier molecular flexibility index (Phi) is 8.25. The fraction of sp³-hybridized carbons (Fsp3) is 0.519. The van der Waals surface area contributed by atoms with Crippen LogP contribution in [0.15, 0.2) is 24.3 Å². The highest BCUT2D eigenvalue weighted by atomic mass is 16.6. The van der Waals surface area contributed by atoms with E-state index in [1.54, 1.807) is 12.1 Å². The Morgan fingerprint density at radius 3 is 2.55 bits per heavy atom. The number of ether oxygens (including phenoxy) is 4. The van der Waals surface area contributed by atoms with Crippen molar-refractivity contribution in [2.75, 3.05) is 13.7 Å². The third-order valence-electron chi connectivity index (χ3n) is 5.64. The summed E-state index contributed by atoms with van der Waals surface area (Å²) in [6, 6.07) is 7.31. The lowest BCUT2D eigenvalue weighted by Crippen LogP contribution is -2.15. The van der Waals surface area contributed by atoms with Crippen molar-refractivity contribution in [1.29, 1.82) is 0 Å². The van der Waals surface area contributed by atoms with E-state index in [0.29, 0.717) is 41.8 Å². The van der Waals surface area contributed by atoms with Gasteiger partial charge in [0.15, 0.2) is 11.5 Å². The van der Waals surface area contributed by atoms with Gasteiger partial charge in [0.05, 0.1) is 19.8 Å². The van der Waals surface area contributed by atoms with Gasteiger partial charge in [-0.2, -0.15) is 0 Å². The minimum Gasteiger partial charge on any atom is -0.495 e. The molecule has 6 heteroatoms. The van der Waals surface area contributed by atoms with Gasteiger partial charge in [0.2, 0.25) is 0 Å². The van der Waals surface area contributed by atoms with Gasteiger partial charge in [-0.25, -0.2) is 4.79 Å². The molecule has 1 aliphatic rings. The molecule has 2 aromatic carbocycles. The SMILES string of the molecule is COc1c([C@@H](O)CC(C)C)ccc2c1C(=O)OCc1cc(C)cc(OCCCC(C)C)c1O2. The zero-order chi connectivity index (χ0) is 24.1. The number of aliphatic hydroxyl groups is 1. The molecule has 180 valence electrons. The lowest BCUT2D eigenvalue weighted by Gasteiger charge is -2.24. The third-order valence-corrected chi connectivity index (χ3v) is 5.64. The molecule has 0 unspecified atom stereocenters. The van der Waals surface area contributed by atoms with Crippen LogP contribution in [0.1, 0.15) is 80.1 Å². The predicted octanol–water partition coefficient (Wildman–Crippen LogP) is 6.36. The maximum absolute atomic E-state index is 13.0. The molecule has 0 aromatic heterocycles. The van der Waals surface area contributed by atoms with Gasteiger partial charge in [-0.05, 0) is 67.9 Å². The molecule has 0 fully saturated rings. The Hall–Kier alpha value is -2.73. The first kappa shape index (κ1) is 24.9. The highest BCUT2D eigenvalue weighted by Gasteiger charge is 2.30. The van der Waals surface area contributed by atoms with E-state index < -0.39 is 12.1 Å². The molecule has 2 aromatic rings. The minimum atomic E-state index is -0.765. The third kappa shape index (κ3) is 5.99. The number of carbonyl (C=O) groups excluding carboxylic acids is 1. The van der Waals surface area contributed by atoms with Crippen molar-refractivity contribution in [3.8, 4) is 23.0 Å². The summed E-state index contributed by atoms with van der Waals surface area (Å²) in [4.78, 5) is 13.0. The van der Waals surface area contributed by atoms with Crippen molar-refractivity contribution in [1.82, 2.24) is 0 Å². The van der Waals surface area contributed by atoms with Crippen molar-refractivity contribution in [2.24, 2.45) is 11.8 Å². The molecule has 1 N–H and O–H groups in total. The number of fused-ring (bicyclic) bond motifs is 2. The van der Waals surface area contributed by atoms with Crippen molar-refractivity contribution in [2.45, 2.75) is 66.6 Å². The zero-order valence-electron chi connectivity index (χ0n) is 20.6. The van der Waals surface area contributed by atoms with E-state index in [9.17, 15) is 9.90 Å². The zero-order valence-corrected chi connectivity index (χ0v) is 20.6. The van der Waals surface area contributed by atoms with Crippen LogP contribution in [0.5, 0.6) is 23.0 Å². The van der Waals surface area contributed by atoms with Crippen LogP contribution in [0, 0.1) is 18.8 Å². The van der Waals surface area contributed by atoms with Crippen LogP contribution in [0.4, 0.5) is 0 Å². The van der Waals surface area contributed by atoms with E-state index in [0.717, 1.165) is 24.0 Å². The van der Waals surface area contributed by atoms with Crippen LogP contribution in [-0.4, -0.2) is 24.8 Å². The molecule has 0 saturated heterocycles. The summed E-state index contributed by atoms with van der Waals surface area (Å²) in [5, 5.41) is 10.7. The molecule has 0 radical (unpaired) electrons. The van der Waals surface area contributed by atoms with Gasteiger partial charge in [-0.15, -0.1) is 0 Å². The number of rotatable bonds is 9. The van der Waals surface area contributed by atoms with Gasteiger partial charge >= 0.3 is 5.97 Å². The summed E-state index contributed by atoms with van der Waals surface area (Å²) in [6.07, 6.45) is 1.80. The summed E-state index contributed by atoms with van der Waals surface area (Å²) < 4.78 is 23.6. The molecule has 33 heavy (non-hydrogen) atoms. The number of cyclic esters (lactones) is 1. The number of aryl methyl sites for hydroxylation is 1. The second-order valence-electron chi connectivity index (χ2n) is 9.52. The number of methoxy groups -OCH3 is 1. The first-order valence-electron chi connectivity index (χ1n) is 11.7. The van der Waals surface area contributed by atoms with Crippen LogP contribution >= 0.6 is 0 Å². The summed E-state index contributed by atoms with van der Waals surface area (Å²) in [5.74, 6) is 2.10. The summed E-state index contributed by atoms with van der Waals surface area (Å²) in [5.41, 5.74) is 2.46. The van der Waals surface area contributed by atoms with E-state index in [-0.39, 0.29) is 23.8 Å². The number of benzene rings is 2. The molecule has 6 nitrogen and oxygen atoms in total. The van der Waals surface area contributed by atoms with Crippen LogP contribution < -0.4 is 14.2 Å². The molecule has 0 amide bonds. The molecule has 0 saturated carbocycles. The number of hydrogen-bond acceptors (Lipinski definition) is 6.